The van der Waals surface area contributed by atoms with Gasteiger partial charge in [-0.2, -0.15) is 0 Å². The van der Waals surface area contributed by atoms with E-state index in [4.69, 9.17) is 5.26 Å². The molecule has 0 saturated heterocycles. The number of para-hydroxylation sites is 2. The Morgan fingerprint density at radius 3 is 2.53 bits per heavy atom. The second kappa shape index (κ2) is 4.04. The second-order valence-electron chi connectivity index (χ2n) is 2.35. The number of hydrogen-bond acceptors (Lipinski definition) is 6. The van der Waals surface area contributed by atoms with Gasteiger partial charge in [0.1, 0.15) is 0 Å². The summed E-state index contributed by atoms with van der Waals surface area (Å²) in [4.78, 5) is 10.6. The molecule has 78 valence electrons. The van der Waals surface area contributed by atoms with Crippen LogP contribution in [0.1, 0.15) is 0 Å². The van der Waals surface area contributed by atoms with Crippen LogP contribution in [0.4, 0.5) is 5.69 Å². The molecule has 15 heavy (non-hydrogen) atoms. The van der Waals surface area contributed by atoms with Gasteiger partial charge in [-0.15, -0.1) is 0 Å². The van der Waals surface area contributed by atoms with E-state index in [1.807, 2.05) is 0 Å². The molecule has 0 aliphatic rings. The van der Waals surface area contributed by atoms with Crippen molar-refractivity contribution in [1.29, 1.82) is 5.26 Å². The zero-order chi connectivity index (χ0) is 11.5. The molecule has 0 unspecified atom stereocenters. The van der Waals surface area contributed by atoms with Crippen molar-refractivity contribution in [3.8, 4) is 10.7 Å². The molecule has 0 radical (unpaired) electrons. The Labute approximate surface area is 86.0 Å². The molecule has 0 heterocycles. The van der Waals surface area contributed by atoms with Gasteiger partial charge < -0.3 is 0 Å². The first-order chi connectivity index (χ1) is 6.96. The number of nitriles is 1. The quantitative estimate of drug-likeness (QED) is 0.459. The fraction of sp³-hybridized carbons (Fsp3) is 0. The minimum absolute atomic E-state index is 0.450. The molecule has 0 bridgehead atoms. The average molecular weight is 275 g/mol. The summed E-state index contributed by atoms with van der Waals surface area (Å²) < 4.78 is 25.9. The first kappa shape index (κ1) is 11.1. The fourth-order valence-corrected chi connectivity index (χ4v) is 1.69. The van der Waals surface area contributed by atoms with Crippen molar-refractivity contribution in [3.63, 3.8) is 0 Å². The SMILES string of the molecule is N#C[Se](=O)(=O)Oc1ccccc1[N+](=O)[O-]. The summed E-state index contributed by atoms with van der Waals surface area (Å²) in [5, 5.41) is 18.6. The number of nitro benzene ring substituents is 1. The molecule has 0 aliphatic heterocycles. The maximum atomic E-state index is 10.8. The van der Waals surface area contributed by atoms with Crippen LogP contribution in [0.3, 0.4) is 0 Å². The Morgan fingerprint density at radius 1 is 1.40 bits per heavy atom. The zero-order valence-electron chi connectivity index (χ0n) is 7.15. The minimum atomic E-state index is -5.17. The molecule has 0 saturated carbocycles. The molecule has 0 aliphatic carbocycles. The van der Waals surface area contributed by atoms with E-state index in [-0.39, 0.29) is 0 Å². The third-order valence-corrected chi connectivity index (χ3v) is 2.68. The average Bonchev–Trinajstić information content (AvgIpc) is 2.18. The normalized spacial score (nSPS) is 10.3. The van der Waals surface area contributed by atoms with Crippen molar-refractivity contribution in [2.75, 3.05) is 0 Å². The molecule has 0 spiro atoms. The van der Waals surface area contributed by atoms with Gasteiger partial charge in [0.05, 0.1) is 0 Å². The summed E-state index contributed by atoms with van der Waals surface area (Å²) in [5.74, 6) is -0.450. The van der Waals surface area contributed by atoms with Gasteiger partial charge in [0.15, 0.2) is 0 Å². The zero-order valence-corrected chi connectivity index (χ0v) is 8.87. The molecule has 0 atom stereocenters. The van der Waals surface area contributed by atoms with Crippen molar-refractivity contribution in [3.05, 3.63) is 34.4 Å². The molecule has 0 amide bonds. The van der Waals surface area contributed by atoms with Crippen LogP contribution >= 0.6 is 0 Å². The molecular weight excluding hydrogens is 271 g/mol. The van der Waals surface area contributed by atoms with Crippen LogP contribution in [-0.2, 0) is 7.67 Å². The van der Waals surface area contributed by atoms with E-state index in [0.717, 1.165) is 17.1 Å². The molecule has 1 aromatic carbocycles. The van der Waals surface area contributed by atoms with Gasteiger partial charge in [0.2, 0.25) is 0 Å². The van der Waals surface area contributed by atoms with Gasteiger partial charge in [-0.1, -0.05) is 0 Å². The van der Waals surface area contributed by atoms with Crippen molar-refractivity contribution in [1.82, 2.24) is 0 Å². The summed E-state index contributed by atoms with van der Waals surface area (Å²) in [5.41, 5.74) is -0.499. The van der Waals surface area contributed by atoms with Gasteiger partial charge in [-0.05, 0) is 0 Å². The summed E-state index contributed by atoms with van der Waals surface area (Å²) in [6, 6.07) is 4.92. The number of nitro groups is 1. The number of rotatable bonds is 3. The predicted octanol–water partition coefficient (Wildman–Crippen LogP) is 0.836. The molecule has 8 heteroatoms. The molecule has 0 fully saturated rings. The van der Waals surface area contributed by atoms with Crippen LogP contribution in [0.25, 0.3) is 0 Å². The molecule has 1 rings (SSSR count). The summed E-state index contributed by atoms with van der Waals surface area (Å²) in [6.07, 6.45) is 0. The van der Waals surface area contributed by atoms with Crippen molar-refractivity contribution in [2.45, 2.75) is 0 Å². The molecule has 0 N–H and O–H groups in total. The van der Waals surface area contributed by atoms with E-state index < -0.39 is 29.4 Å². The van der Waals surface area contributed by atoms with E-state index in [1.54, 1.807) is 0 Å². The standard InChI is InChI=1S/C7H4N2O5Se/c8-5-15(12,13)14-7-4-2-1-3-6(7)9(10)11/h1-4H. The first-order valence-corrected chi connectivity index (χ1v) is 6.50. The Hall–Kier alpha value is -1.97. The number of benzene rings is 1. The topological polar surface area (TPSA) is 110 Å². The van der Waals surface area contributed by atoms with E-state index >= 15 is 0 Å². The van der Waals surface area contributed by atoms with Crippen LogP contribution < -0.4 is 3.82 Å². The predicted molar refractivity (Wildman–Crippen MR) is 46.5 cm³/mol. The first-order valence-electron chi connectivity index (χ1n) is 3.55. The van der Waals surface area contributed by atoms with E-state index in [9.17, 15) is 17.8 Å². The van der Waals surface area contributed by atoms with Gasteiger partial charge in [-0.3, -0.25) is 0 Å². The van der Waals surface area contributed by atoms with Crippen LogP contribution in [0.2, 0.25) is 0 Å². The van der Waals surface area contributed by atoms with Crippen molar-refractivity contribution >= 4 is 18.7 Å². The molecule has 1 aromatic rings. The van der Waals surface area contributed by atoms with Crippen LogP contribution in [0.15, 0.2) is 24.3 Å². The Morgan fingerprint density at radius 2 is 2.00 bits per heavy atom. The number of hydrogen-bond donors (Lipinski definition) is 0. The third kappa shape index (κ3) is 2.74. The molecule has 7 nitrogen and oxygen atoms in total. The Bertz CT molecular complexity index is 531. The van der Waals surface area contributed by atoms with E-state index in [0.29, 0.717) is 0 Å². The van der Waals surface area contributed by atoms with E-state index in [1.165, 1.54) is 12.1 Å². The van der Waals surface area contributed by atoms with Crippen LogP contribution in [0.5, 0.6) is 5.75 Å². The van der Waals surface area contributed by atoms with Gasteiger partial charge in [-0.25, -0.2) is 0 Å². The second-order valence-corrected chi connectivity index (χ2v) is 4.99. The summed E-state index contributed by atoms with van der Waals surface area (Å²) in [6.45, 7) is 0. The fourth-order valence-electron chi connectivity index (χ4n) is 0.815. The Kier molecular flexibility index (Phi) is 2.99. The van der Waals surface area contributed by atoms with Crippen molar-refractivity contribution in [2.24, 2.45) is 0 Å². The van der Waals surface area contributed by atoms with Crippen LogP contribution in [0, 0.1) is 20.3 Å². The summed E-state index contributed by atoms with van der Waals surface area (Å²) in [7, 11) is 0. The molecule has 0 aromatic heterocycles. The molecular formula is C7H4N2O5Se. The number of nitrogens with zero attached hydrogens (tertiary/aromatic N) is 2. The van der Waals surface area contributed by atoms with Crippen molar-refractivity contribution < 1.29 is 16.4 Å². The monoisotopic (exact) mass is 276 g/mol. The van der Waals surface area contributed by atoms with Gasteiger partial charge in [0, 0.05) is 0 Å². The third-order valence-electron chi connectivity index (χ3n) is 1.37. The maximum absolute atomic E-state index is 10.8. The van der Waals surface area contributed by atoms with E-state index in [2.05, 4.69) is 3.82 Å². The van der Waals surface area contributed by atoms with Gasteiger partial charge in [0.25, 0.3) is 0 Å². The Balaban J connectivity index is 3.17. The summed E-state index contributed by atoms with van der Waals surface area (Å²) >= 11 is -5.17. The van der Waals surface area contributed by atoms with Gasteiger partial charge >= 0.3 is 85.5 Å². The van der Waals surface area contributed by atoms with Crippen LogP contribution in [-0.4, -0.2) is 18.0 Å².